The number of benzene rings is 1. The van der Waals surface area contributed by atoms with E-state index < -0.39 is 0 Å². The zero-order chi connectivity index (χ0) is 11.9. The summed E-state index contributed by atoms with van der Waals surface area (Å²) in [5, 5.41) is 3.31. The summed E-state index contributed by atoms with van der Waals surface area (Å²) in [5.41, 5.74) is 7.28. The maximum atomic E-state index is 6.09. The van der Waals surface area contributed by atoms with Crippen molar-refractivity contribution in [1.82, 2.24) is 5.32 Å². The molecule has 1 heterocycles. The molecule has 17 heavy (non-hydrogen) atoms. The van der Waals surface area contributed by atoms with E-state index in [1.54, 1.807) is 6.26 Å². The second-order valence-corrected chi connectivity index (χ2v) is 4.06. The minimum absolute atomic E-state index is 0.0975. The van der Waals surface area contributed by atoms with Crippen molar-refractivity contribution >= 4 is 0 Å². The van der Waals surface area contributed by atoms with E-state index in [4.69, 9.17) is 10.2 Å². The molecule has 0 aliphatic rings. The molecule has 0 aliphatic carbocycles. The molecule has 0 radical (unpaired) electrons. The number of rotatable bonds is 6. The molecule has 3 heteroatoms. The van der Waals surface area contributed by atoms with Gasteiger partial charge in [-0.25, -0.2) is 0 Å². The van der Waals surface area contributed by atoms with Crippen LogP contribution in [0.4, 0.5) is 0 Å². The van der Waals surface area contributed by atoms with Crippen molar-refractivity contribution in [3.8, 4) is 0 Å². The average molecular weight is 230 g/mol. The summed E-state index contributed by atoms with van der Waals surface area (Å²) in [5.74, 6) is 0.957. The number of furan rings is 1. The molecule has 1 unspecified atom stereocenters. The van der Waals surface area contributed by atoms with Gasteiger partial charge in [0.05, 0.1) is 12.8 Å². The molecule has 0 aliphatic heterocycles. The first-order valence-electron chi connectivity index (χ1n) is 5.90. The Hall–Kier alpha value is -1.58. The highest BCUT2D eigenvalue weighted by atomic mass is 16.3. The second kappa shape index (κ2) is 6.23. The largest absolute Gasteiger partial charge is 0.468 e. The quantitative estimate of drug-likeness (QED) is 0.749. The molecule has 0 fully saturated rings. The molecule has 3 N–H and O–H groups in total. The monoisotopic (exact) mass is 230 g/mol. The first kappa shape index (κ1) is 11.9. The highest BCUT2D eigenvalue weighted by Crippen LogP contribution is 2.12. The number of hydrogen-bond acceptors (Lipinski definition) is 3. The van der Waals surface area contributed by atoms with Gasteiger partial charge in [0.25, 0.3) is 0 Å². The van der Waals surface area contributed by atoms with E-state index in [0.29, 0.717) is 0 Å². The lowest BCUT2D eigenvalue weighted by atomic mass is 10.1. The molecule has 0 amide bonds. The molecule has 1 aromatic carbocycles. The fourth-order valence-corrected chi connectivity index (χ4v) is 1.75. The lowest BCUT2D eigenvalue weighted by Crippen LogP contribution is -2.20. The number of hydrogen-bond donors (Lipinski definition) is 2. The van der Waals surface area contributed by atoms with Gasteiger partial charge in [-0.05, 0) is 30.7 Å². The molecule has 0 saturated carbocycles. The van der Waals surface area contributed by atoms with Gasteiger partial charge in [-0.3, -0.25) is 0 Å². The van der Waals surface area contributed by atoms with Crippen LogP contribution in [0, 0.1) is 0 Å². The van der Waals surface area contributed by atoms with E-state index in [1.807, 2.05) is 30.3 Å². The third kappa shape index (κ3) is 3.73. The van der Waals surface area contributed by atoms with Gasteiger partial charge in [0.15, 0.2) is 0 Å². The van der Waals surface area contributed by atoms with Crippen LogP contribution in [0.3, 0.4) is 0 Å². The lowest BCUT2D eigenvalue weighted by molar-refractivity contribution is 0.474. The first-order valence-corrected chi connectivity index (χ1v) is 5.90. The molecule has 2 rings (SSSR count). The SMILES string of the molecule is NC(CCNCc1ccco1)c1ccccc1. The van der Waals surface area contributed by atoms with Crippen LogP contribution in [0.15, 0.2) is 53.1 Å². The van der Waals surface area contributed by atoms with Crippen LogP contribution in [-0.2, 0) is 6.54 Å². The van der Waals surface area contributed by atoms with Crippen LogP contribution in [0.1, 0.15) is 23.8 Å². The van der Waals surface area contributed by atoms with Gasteiger partial charge in [-0.1, -0.05) is 30.3 Å². The summed E-state index contributed by atoms with van der Waals surface area (Å²) in [6, 6.07) is 14.1. The summed E-state index contributed by atoms with van der Waals surface area (Å²) >= 11 is 0. The summed E-state index contributed by atoms with van der Waals surface area (Å²) in [7, 11) is 0. The summed E-state index contributed by atoms with van der Waals surface area (Å²) in [4.78, 5) is 0. The van der Waals surface area contributed by atoms with Crippen LogP contribution >= 0.6 is 0 Å². The van der Waals surface area contributed by atoms with Gasteiger partial charge in [-0.2, -0.15) is 0 Å². The van der Waals surface area contributed by atoms with Crippen LogP contribution < -0.4 is 11.1 Å². The van der Waals surface area contributed by atoms with E-state index in [1.165, 1.54) is 5.56 Å². The minimum atomic E-state index is 0.0975. The lowest BCUT2D eigenvalue weighted by Gasteiger charge is -2.11. The smallest absolute Gasteiger partial charge is 0.117 e. The van der Waals surface area contributed by atoms with Crippen molar-refractivity contribution in [2.24, 2.45) is 5.73 Å². The fraction of sp³-hybridized carbons (Fsp3) is 0.286. The zero-order valence-corrected chi connectivity index (χ0v) is 9.80. The Balaban J connectivity index is 1.68. The van der Waals surface area contributed by atoms with Crippen LogP contribution in [0.5, 0.6) is 0 Å². The molecular weight excluding hydrogens is 212 g/mol. The van der Waals surface area contributed by atoms with Gasteiger partial charge in [0, 0.05) is 6.04 Å². The third-order valence-corrected chi connectivity index (χ3v) is 2.74. The Morgan fingerprint density at radius 3 is 2.65 bits per heavy atom. The van der Waals surface area contributed by atoms with E-state index >= 15 is 0 Å². The Labute approximate surface area is 102 Å². The fourth-order valence-electron chi connectivity index (χ4n) is 1.75. The van der Waals surface area contributed by atoms with Gasteiger partial charge < -0.3 is 15.5 Å². The predicted octanol–water partition coefficient (Wildman–Crippen LogP) is 2.46. The molecule has 1 atom stereocenters. The third-order valence-electron chi connectivity index (χ3n) is 2.74. The summed E-state index contributed by atoms with van der Waals surface area (Å²) in [6.45, 7) is 1.64. The van der Waals surface area contributed by atoms with E-state index in [0.717, 1.165) is 25.3 Å². The number of nitrogens with one attached hydrogen (secondary N) is 1. The Bertz CT molecular complexity index is 411. The maximum Gasteiger partial charge on any atom is 0.117 e. The molecule has 90 valence electrons. The molecular formula is C14H18N2O. The highest BCUT2D eigenvalue weighted by Gasteiger charge is 2.04. The zero-order valence-electron chi connectivity index (χ0n) is 9.80. The van der Waals surface area contributed by atoms with Crippen molar-refractivity contribution in [3.63, 3.8) is 0 Å². The van der Waals surface area contributed by atoms with E-state index in [2.05, 4.69) is 17.4 Å². The Morgan fingerprint density at radius 1 is 1.12 bits per heavy atom. The van der Waals surface area contributed by atoms with Crippen LogP contribution in [0.2, 0.25) is 0 Å². The van der Waals surface area contributed by atoms with Crippen molar-refractivity contribution in [3.05, 3.63) is 60.1 Å². The Morgan fingerprint density at radius 2 is 1.94 bits per heavy atom. The normalized spacial score (nSPS) is 12.5. The van der Waals surface area contributed by atoms with Gasteiger partial charge in [-0.15, -0.1) is 0 Å². The van der Waals surface area contributed by atoms with Crippen molar-refractivity contribution in [2.75, 3.05) is 6.54 Å². The first-order chi connectivity index (χ1) is 8.36. The molecule has 3 nitrogen and oxygen atoms in total. The van der Waals surface area contributed by atoms with Crippen molar-refractivity contribution in [1.29, 1.82) is 0 Å². The minimum Gasteiger partial charge on any atom is -0.468 e. The van der Waals surface area contributed by atoms with E-state index in [9.17, 15) is 0 Å². The Kier molecular flexibility index (Phi) is 4.36. The summed E-state index contributed by atoms with van der Waals surface area (Å²) in [6.07, 6.45) is 2.61. The van der Waals surface area contributed by atoms with Crippen molar-refractivity contribution < 1.29 is 4.42 Å². The van der Waals surface area contributed by atoms with Crippen LogP contribution in [0.25, 0.3) is 0 Å². The van der Waals surface area contributed by atoms with Crippen molar-refractivity contribution in [2.45, 2.75) is 19.0 Å². The highest BCUT2D eigenvalue weighted by molar-refractivity contribution is 5.18. The molecule has 0 bridgehead atoms. The summed E-state index contributed by atoms with van der Waals surface area (Å²) < 4.78 is 5.23. The molecule has 0 spiro atoms. The predicted molar refractivity (Wildman–Crippen MR) is 68.4 cm³/mol. The average Bonchev–Trinajstić information content (AvgIpc) is 2.88. The van der Waals surface area contributed by atoms with Gasteiger partial charge >= 0.3 is 0 Å². The topological polar surface area (TPSA) is 51.2 Å². The second-order valence-electron chi connectivity index (χ2n) is 4.06. The maximum absolute atomic E-state index is 6.09. The van der Waals surface area contributed by atoms with Gasteiger partial charge in [0.2, 0.25) is 0 Å². The molecule has 1 aromatic heterocycles. The van der Waals surface area contributed by atoms with Gasteiger partial charge in [0.1, 0.15) is 5.76 Å². The molecule has 2 aromatic rings. The van der Waals surface area contributed by atoms with E-state index in [-0.39, 0.29) is 6.04 Å². The molecule has 0 saturated heterocycles. The number of nitrogens with two attached hydrogens (primary N) is 1. The standard InChI is InChI=1S/C14H18N2O/c15-14(12-5-2-1-3-6-12)8-9-16-11-13-7-4-10-17-13/h1-7,10,14,16H,8-9,11,15H2. The van der Waals surface area contributed by atoms with Crippen LogP contribution in [-0.4, -0.2) is 6.54 Å².